The molecule has 0 radical (unpaired) electrons. The molecule has 98 valence electrons. The molecule has 0 aliphatic carbocycles. The third kappa shape index (κ3) is 3.09. The number of carbonyl (C=O) groups excluding carboxylic acids is 1. The summed E-state index contributed by atoms with van der Waals surface area (Å²) in [4.78, 5) is 12.0. The van der Waals surface area contributed by atoms with Gasteiger partial charge in [-0.05, 0) is 36.6 Å². The quantitative estimate of drug-likeness (QED) is 0.745. The fraction of sp³-hybridized carbons (Fsp3) is 0.500. The SMILES string of the molecule is C[C@@H]1CNC[C@H]1C(=O)Nc1ccc(CCO)cc1. The van der Waals surface area contributed by atoms with E-state index in [1.807, 2.05) is 24.3 Å². The van der Waals surface area contributed by atoms with E-state index >= 15 is 0 Å². The molecule has 18 heavy (non-hydrogen) atoms. The average Bonchev–Trinajstić information content (AvgIpc) is 2.78. The summed E-state index contributed by atoms with van der Waals surface area (Å²) in [5.41, 5.74) is 1.90. The molecular formula is C14H20N2O2. The van der Waals surface area contributed by atoms with E-state index in [-0.39, 0.29) is 18.4 Å². The lowest BCUT2D eigenvalue weighted by molar-refractivity contribution is -0.120. The Labute approximate surface area is 107 Å². The second-order valence-electron chi connectivity index (χ2n) is 4.90. The van der Waals surface area contributed by atoms with E-state index in [1.54, 1.807) is 0 Å². The number of rotatable bonds is 4. The Morgan fingerprint density at radius 1 is 1.39 bits per heavy atom. The molecule has 1 aromatic rings. The van der Waals surface area contributed by atoms with Crippen molar-refractivity contribution in [1.29, 1.82) is 0 Å². The lowest BCUT2D eigenvalue weighted by Gasteiger charge is -2.14. The second-order valence-corrected chi connectivity index (χ2v) is 4.90. The first-order chi connectivity index (χ1) is 8.70. The summed E-state index contributed by atoms with van der Waals surface area (Å²) in [6.07, 6.45) is 0.651. The van der Waals surface area contributed by atoms with Crippen LogP contribution >= 0.6 is 0 Å². The van der Waals surface area contributed by atoms with Crippen LogP contribution in [0.1, 0.15) is 12.5 Å². The van der Waals surface area contributed by atoms with Gasteiger partial charge in [-0.3, -0.25) is 4.79 Å². The molecule has 1 aromatic carbocycles. The zero-order chi connectivity index (χ0) is 13.0. The van der Waals surface area contributed by atoms with Crippen molar-refractivity contribution < 1.29 is 9.90 Å². The predicted molar refractivity (Wildman–Crippen MR) is 71.4 cm³/mol. The molecule has 1 saturated heterocycles. The van der Waals surface area contributed by atoms with Crippen molar-refractivity contribution in [3.63, 3.8) is 0 Å². The monoisotopic (exact) mass is 248 g/mol. The minimum atomic E-state index is 0.0575. The van der Waals surface area contributed by atoms with Gasteiger partial charge in [-0.2, -0.15) is 0 Å². The number of hydrogen-bond acceptors (Lipinski definition) is 3. The van der Waals surface area contributed by atoms with Crippen LogP contribution in [0.25, 0.3) is 0 Å². The van der Waals surface area contributed by atoms with E-state index in [0.717, 1.165) is 24.3 Å². The zero-order valence-corrected chi connectivity index (χ0v) is 10.6. The standard InChI is InChI=1S/C14H20N2O2/c1-10-8-15-9-13(10)14(18)16-12-4-2-11(3-5-12)6-7-17/h2-5,10,13,15,17H,6-9H2,1H3,(H,16,18)/t10-,13-/m1/s1. The van der Waals surface area contributed by atoms with Crippen LogP contribution in [0, 0.1) is 11.8 Å². The number of anilines is 1. The number of aliphatic hydroxyl groups excluding tert-OH is 1. The van der Waals surface area contributed by atoms with Crippen LogP contribution in [0.15, 0.2) is 24.3 Å². The van der Waals surface area contributed by atoms with E-state index in [4.69, 9.17) is 5.11 Å². The third-order valence-electron chi connectivity index (χ3n) is 3.48. The smallest absolute Gasteiger partial charge is 0.229 e. The van der Waals surface area contributed by atoms with Crippen molar-refractivity contribution >= 4 is 11.6 Å². The van der Waals surface area contributed by atoms with Gasteiger partial charge >= 0.3 is 0 Å². The number of aliphatic hydroxyl groups is 1. The van der Waals surface area contributed by atoms with E-state index in [0.29, 0.717) is 12.3 Å². The maximum Gasteiger partial charge on any atom is 0.229 e. The molecule has 3 N–H and O–H groups in total. The van der Waals surface area contributed by atoms with Crippen LogP contribution < -0.4 is 10.6 Å². The Morgan fingerprint density at radius 3 is 2.67 bits per heavy atom. The molecule has 2 rings (SSSR count). The summed E-state index contributed by atoms with van der Waals surface area (Å²) in [7, 11) is 0. The van der Waals surface area contributed by atoms with Gasteiger partial charge in [-0.1, -0.05) is 19.1 Å². The number of nitrogens with one attached hydrogen (secondary N) is 2. The lowest BCUT2D eigenvalue weighted by Crippen LogP contribution is -2.27. The topological polar surface area (TPSA) is 61.4 Å². The van der Waals surface area contributed by atoms with Crippen molar-refractivity contribution in [1.82, 2.24) is 5.32 Å². The zero-order valence-electron chi connectivity index (χ0n) is 10.6. The highest BCUT2D eigenvalue weighted by Gasteiger charge is 2.29. The Morgan fingerprint density at radius 2 is 2.11 bits per heavy atom. The molecule has 0 aromatic heterocycles. The van der Waals surface area contributed by atoms with E-state index in [9.17, 15) is 4.79 Å². The average molecular weight is 248 g/mol. The fourth-order valence-electron chi connectivity index (χ4n) is 2.28. The normalized spacial score (nSPS) is 23.0. The van der Waals surface area contributed by atoms with Gasteiger partial charge in [-0.25, -0.2) is 0 Å². The maximum atomic E-state index is 12.0. The van der Waals surface area contributed by atoms with Gasteiger partial charge in [-0.15, -0.1) is 0 Å². The van der Waals surface area contributed by atoms with E-state index in [1.165, 1.54) is 0 Å². The van der Waals surface area contributed by atoms with Crippen LogP contribution in [0.2, 0.25) is 0 Å². The third-order valence-corrected chi connectivity index (χ3v) is 3.48. The van der Waals surface area contributed by atoms with E-state index < -0.39 is 0 Å². The summed E-state index contributed by atoms with van der Waals surface area (Å²) in [6, 6.07) is 7.64. The first-order valence-corrected chi connectivity index (χ1v) is 6.42. The minimum Gasteiger partial charge on any atom is -0.396 e. The van der Waals surface area contributed by atoms with Gasteiger partial charge in [0.2, 0.25) is 5.91 Å². The van der Waals surface area contributed by atoms with Gasteiger partial charge in [0.05, 0.1) is 5.92 Å². The molecular weight excluding hydrogens is 228 g/mol. The van der Waals surface area contributed by atoms with Gasteiger partial charge in [0.15, 0.2) is 0 Å². The number of benzene rings is 1. The van der Waals surface area contributed by atoms with Crippen LogP contribution in [0.4, 0.5) is 5.69 Å². The molecule has 1 amide bonds. The second kappa shape index (κ2) is 5.98. The number of carbonyl (C=O) groups is 1. The molecule has 0 saturated carbocycles. The van der Waals surface area contributed by atoms with Crippen molar-refractivity contribution in [2.24, 2.45) is 11.8 Å². The minimum absolute atomic E-state index is 0.0575. The molecule has 0 bridgehead atoms. The fourth-order valence-corrected chi connectivity index (χ4v) is 2.28. The summed E-state index contributed by atoms with van der Waals surface area (Å²) in [6.45, 7) is 3.91. The van der Waals surface area contributed by atoms with Crippen molar-refractivity contribution in [2.45, 2.75) is 13.3 Å². The molecule has 1 heterocycles. The Bertz CT molecular complexity index is 403. The van der Waals surface area contributed by atoms with Gasteiger partial charge in [0, 0.05) is 18.8 Å². The summed E-state index contributed by atoms with van der Waals surface area (Å²) >= 11 is 0. The Balaban J connectivity index is 1.94. The maximum absolute atomic E-state index is 12.0. The molecule has 2 atom stereocenters. The predicted octanol–water partition coefficient (Wildman–Crippen LogP) is 1.02. The molecule has 1 aliphatic rings. The number of amides is 1. The first-order valence-electron chi connectivity index (χ1n) is 6.42. The highest BCUT2D eigenvalue weighted by atomic mass is 16.2. The van der Waals surface area contributed by atoms with Crippen molar-refractivity contribution in [3.8, 4) is 0 Å². The van der Waals surface area contributed by atoms with Crippen LogP contribution in [-0.4, -0.2) is 30.7 Å². The molecule has 4 heteroatoms. The molecule has 1 aliphatic heterocycles. The Hall–Kier alpha value is -1.39. The molecule has 0 spiro atoms. The van der Waals surface area contributed by atoms with Crippen molar-refractivity contribution in [3.05, 3.63) is 29.8 Å². The van der Waals surface area contributed by atoms with Gasteiger partial charge < -0.3 is 15.7 Å². The molecule has 4 nitrogen and oxygen atoms in total. The summed E-state index contributed by atoms with van der Waals surface area (Å²) in [5.74, 6) is 0.531. The van der Waals surface area contributed by atoms with Crippen LogP contribution in [-0.2, 0) is 11.2 Å². The Kier molecular flexibility index (Phi) is 4.33. The highest BCUT2D eigenvalue weighted by molar-refractivity contribution is 5.93. The van der Waals surface area contributed by atoms with Crippen LogP contribution in [0.5, 0.6) is 0 Å². The highest BCUT2D eigenvalue weighted by Crippen LogP contribution is 2.18. The first kappa shape index (κ1) is 13.1. The molecule has 1 fully saturated rings. The molecule has 0 unspecified atom stereocenters. The van der Waals surface area contributed by atoms with E-state index in [2.05, 4.69) is 17.6 Å². The van der Waals surface area contributed by atoms with Gasteiger partial charge in [0.1, 0.15) is 0 Å². The largest absolute Gasteiger partial charge is 0.396 e. The van der Waals surface area contributed by atoms with Crippen molar-refractivity contribution in [2.75, 3.05) is 25.0 Å². The summed E-state index contributed by atoms with van der Waals surface area (Å²) in [5, 5.41) is 15.0. The van der Waals surface area contributed by atoms with Crippen LogP contribution in [0.3, 0.4) is 0 Å². The summed E-state index contributed by atoms with van der Waals surface area (Å²) < 4.78 is 0. The lowest BCUT2D eigenvalue weighted by atomic mass is 9.97. The number of hydrogen-bond donors (Lipinski definition) is 3. The van der Waals surface area contributed by atoms with Gasteiger partial charge in [0.25, 0.3) is 0 Å².